The number of unbranched alkanes of at least 4 members (excludes halogenated alkanes) is 4. The molecular formula is C21H42O8. The van der Waals surface area contributed by atoms with Gasteiger partial charge in [0.05, 0.1) is 39.6 Å². The first-order chi connectivity index (χ1) is 14.1. The summed E-state index contributed by atoms with van der Waals surface area (Å²) in [6, 6.07) is 0. The highest BCUT2D eigenvalue weighted by Crippen LogP contribution is 2.28. The molecule has 0 aromatic carbocycles. The van der Waals surface area contributed by atoms with Gasteiger partial charge in [0.1, 0.15) is 12.2 Å². The van der Waals surface area contributed by atoms with Crippen LogP contribution in [0.5, 0.6) is 0 Å². The molecule has 1 heterocycles. The van der Waals surface area contributed by atoms with Gasteiger partial charge in [0.2, 0.25) is 0 Å². The molecule has 1 aliphatic heterocycles. The topological polar surface area (TPSA) is 95.8 Å². The van der Waals surface area contributed by atoms with Gasteiger partial charge in [-0.3, -0.25) is 0 Å². The van der Waals surface area contributed by atoms with Gasteiger partial charge in [-0.25, -0.2) is 0 Å². The first-order valence-corrected chi connectivity index (χ1v) is 11.0. The van der Waals surface area contributed by atoms with Crippen molar-refractivity contribution in [2.24, 2.45) is 0 Å². The fourth-order valence-electron chi connectivity index (χ4n) is 3.02. The van der Waals surface area contributed by atoms with Gasteiger partial charge in [0, 0.05) is 26.4 Å². The Kier molecular flexibility index (Phi) is 16.0. The SMILES string of the molecule is CC1(C)O[C@@H](COCCOCCCCCO)[C@@H](COCCOCCCCCO)O1. The standard InChI is InChI=1S/C21H42O8/c1-21(2)28-19(17-26-15-13-24-11-7-3-5-9-22)20(29-21)18-27-16-14-25-12-8-4-6-10-23/h19-20,22-23H,3-18H2,1-2H3/t19-,20+. The minimum absolute atomic E-state index is 0.172. The second-order valence-corrected chi connectivity index (χ2v) is 7.66. The largest absolute Gasteiger partial charge is 0.396 e. The van der Waals surface area contributed by atoms with Crippen molar-refractivity contribution in [1.29, 1.82) is 0 Å². The van der Waals surface area contributed by atoms with Crippen molar-refractivity contribution in [3.63, 3.8) is 0 Å². The number of hydrogen-bond acceptors (Lipinski definition) is 8. The Morgan fingerprint density at radius 3 is 1.41 bits per heavy atom. The predicted octanol–water partition coefficient (Wildman–Crippen LogP) is 1.90. The van der Waals surface area contributed by atoms with E-state index in [1.165, 1.54) is 0 Å². The van der Waals surface area contributed by atoms with Crippen molar-refractivity contribution in [2.75, 3.05) is 66.1 Å². The lowest BCUT2D eigenvalue weighted by Crippen LogP contribution is -2.32. The molecule has 1 rings (SSSR count). The van der Waals surface area contributed by atoms with Crippen LogP contribution in [0.3, 0.4) is 0 Å². The third-order valence-electron chi connectivity index (χ3n) is 4.49. The van der Waals surface area contributed by atoms with Gasteiger partial charge in [-0.1, -0.05) is 0 Å². The molecule has 0 aromatic rings. The molecule has 2 atom stereocenters. The van der Waals surface area contributed by atoms with E-state index in [1.807, 2.05) is 13.8 Å². The summed E-state index contributed by atoms with van der Waals surface area (Å²) in [4.78, 5) is 0. The van der Waals surface area contributed by atoms with Crippen LogP contribution in [-0.4, -0.2) is 94.3 Å². The summed E-state index contributed by atoms with van der Waals surface area (Å²) < 4.78 is 34.3. The van der Waals surface area contributed by atoms with Crippen LogP contribution >= 0.6 is 0 Å². The quantitative estimate of drug-likeness (QED) is 0.287. The Bertz CT molecular complexity index is 335. The van der Waals surface area contributed by atoms with Crippen LogP contribution in [0.15, 0.2) is 0 Å². The van der Waals surface area contributed by atoms with E-state index in [0.717, 1.165) is 38.5 Å². The van der Waals surface area contributed by atoms with Crippen LogP contribution in [0.1, 0.15) is 52.4 Å². The molecule has 2 N–H and O–H groups in total. The van der Waals surface area contributed by atoms with E-state index in [9.17, 15) is 0 Å². The maximum absolute atomic E-state index is 8.72. The van der Waals surface area contributed by atoms with E-state index < -0.39 is 5.79 Å². The zero-order valence-corrected chi connectivity index (χ0v) is 18.3. The minimum Gasteiger partial charge on any atom is -0.396 e. The van der Waals surface area contributed by atoms with E-state index >= 15 is 0 Å². The number of aliphatic hydroxyl groups excluding tert-OH is 2. The van der Waals surface area contributed by atoms with Crippen molar-refractivity contribution >= 4 is 0 Å². The van der Waals surface area contributed by atoms with Crippen LogP contribution in [0, 0.1) is 0 Å². The molecule has 174 valence electrons. The van der Waals surface area contributed by atoms with E-state index in [2.05, 4.69) is 0 Å². The second-order valence-electron chi connectivity index (χ2n) is 7.66. The zero-order valence-electron chi connectivity index (χ0n) is 18.3. The maximum atomic E-state index is 8.72. The van der Waals surface area contributed by atoms with Crippen molar-refractivity contribution in [2.45, 2.75) is 70.4 Å². The Hall–Kier alpha value is -0.320. The lowest BCUT2D eigenvalue weighted by Gasteiger charge is -2.17. The predicted molar refractivity (Wildman–Crippen MR) is 109 cm³/mol. The van der Waals surface area contributed by atoms with Gasteiger partial charge in [-0.05, 0) is 52.4 Å². The fraction of sp³-hybridized carbons (Fsp3) is 1.00. The second kappa shape index (κ2) is 17.4. The molecule has 1 aliphatic rings. The highest BCUT2D eigenvalue weighted by molar-refractivity contribution is 4.81. The molecule has 0 unspecified atom stereocenters. The van der Waals surface area contributed by atoms with E-state index in [1.54, 1.807) is 0 Å². The molecule has 0 saturated carbocycles. The van der Waals surface area contributed by atoms with Gasteiger partial charge in [-0.15, -0.1) is 0 Å². The molecule has 0 bridgehead atoms. The fourth-order valence-corrected chi connectivity index (χ4v) is 3.02. The van der Waals surface area contributed by atoms with Crippen LogP contribution in [-0.2, 0) is 28.4 Å². The number of ether oxygens (including phenoxy) is 6. The van der Waals surface area contributed by atoms with Crippen LogP contribution in [0.4, 0.5) is 0 Å². The van der Waals surface area contributed by atoms with Crippen LogP contribution in [0.25, 0.3) is 0 Å². The average molecular weight is 423 g/mol. The number of aliphatic hydroxyl groups is 2. The highest BCUT2D eigenvalue weighted by Gasteiger charge is 2.41. The summed E-state index contributed by atoms with van der Waals surface area (Å²) in [7, 11) is 0. The highest BCUT2D eigenvalue weighted by atomic mass is 16.8. The molecular weight excluding hydrogens is 380 g/mol. The molecule has 1 fully saturated rings. The first kappa shape index (κ1) is 26.7. The van der Waals surface area contributed by atoms with Crippen molar-refractivity contribution < 1.29 is 38.6 Å². The number of rotatable bonds is 20. The van der Waals surface area contributed by atoms with E-state index in [0.29, 0.717) is 52.9 Å². The van der Waals surface area contributed by atoms with E-state index in [-0.39, 0.29) is 25.4 Å². The number of hydrogen-bond donors (Lipinski definition) is 2. The summed E-state index contributed by atoms with van der Waals surface area (Å²) in [5.74, 6) is -0.644. The summed E-state index contributed by atoms with van der Waals surface area (Å²) in [6.07, 6.45) is 5.19. The minimum atomic E-state index is -0.644. The van der Waals surface area contributed by atoms with Crippen molar-refractivity contribution in [3.05, 3.63) is 0 Å². The third-order valence-corrected chi connectivity index (χ3v) is 4.49. The Balaban J connectivity index is 2.05. The Labute approximate surface area is 175 Å². The van der Waals surface area contributed by atoms with Gasteiger partial charge in [0.15, 0.2) is 5.79 Å². The van der Waals surface area contributed by atoms with Crippen LogP contribution < -0.4 is 0 Å². The smallest absolute Gasteiger partial charge is 0.163 e. The summed E-state index contributed by atoms with van der Waals surface area (Å²) in [6.45, 7) is 8.66. The summed E-state index contributed by atoms with van der Waals surface area (Å²) in [5, 5.41) is 17.4. The molecule has 0 aromatic heterocycles. The van der Waals surface area contributed by atoms with Crippen molar-refractivity contribution in [3.8, 4) is 0 Å². The molecule has 0 radical (unpaired) electrons. The van der Waals surface area contributed by atoms with Gasteiger partial charge in [-0.2, -0.15) is 0 Å². The monoisotopic (exact) mass is 422 g/mol. The molecule has 0 amide bonds. The van der Waals surface area contributed by atoms with Gasteiger partial charge >= 0.3 is 0 Å². The first-order valence-electron chi connectivity index (χ1n) is 11.0. The molecule has 0 aliphatic carbocycles. The zero-order chi connectivity index (χ0) is 21.2. The average Bonchev–Trinajstić information content (AvgIpc) is 2.99. The van der Waals surface area contributed by atoms with E-state index in [4.69, 9.17) is 38.6 Å². The molecule has 29 heavy (non-hydrogen) atoms. The van der Waals surface area contributed by atoms with Crippen LogP contribution in [0.2, 0.25) is 0 Å². The van der Waals surface area contributed by atoms with Gasteiger partial charge in [0.25, 0.3) is 0 Å². The van der Waals surface area contributed by atoms with Gasteiger partial charge < -0.3 is 38.6 Å². The molecule has 8 nitrogen and oxygen atoms in total. The third kappa shape index (κ3) is 14.3. The molecule has 0 spiro atoms. The maximum Gasteiger partial charge on any atom is 0.163 e. The van der Waals surface area contributed by atoms with Crippen molar-refractivity contribution in [1.82, 2.24) is 0 Å². The molecule has 8 heteroatoms. The summed E-state index contributed by atoms with van der Waals surface area (Å²) in [5.41, 5.74) is 0. The lowest BCUT2D eigenvalue weighted by atomic mass is 10.2. The Morgan fingerprint density at radius 2 is 1.00 bits per heavy atom. The Morgan fingerprint density at radius 1 is 0.586 bits per heavy atom. The lowest BCUT2D eigenvalue weighted by molar-refractivity contribution is -0.155. The summed E-state index contributed by atoms with van der Waals surface area (Å²) >= 11 is 0. The normalized spacial score (nSPS) is 21.1. The molecule has 1 saturated heterocycles.